The van der Waals surface area contributed by atoms with Crippen molar-refractivity contribution < 1.29 is 9.53 Å². The van der Waals surface area contributed by atoms with Gasteiger partial charge in [0.05, 0.1) is 29.4 Å². The average Bonchev–Trinajstić information content (AvgIpc) is 2.75. The van der Waals surface area contributed by atoms with Gasteiger partial charge < -0.3 is 15.4 Å². The van der Waals surface area contributed by atoms with E-state index in [2.05, 4.69) is 29.5 Å². The molecular weight excluding hydrogens is 274 g/mol. The first-order chi connectivity index (χ1) is 9.38. The average molecular weight is 299 g/mol. The van der Waals surface area contributed by atoms with Crippen molar-refractivity contribution in [2.45, 2.75) is 46.7 Å². The minimum Gasteiger partial charge on any atom is -0.379 e. The van der Waals surface area contributed by atoms with E-state index < -0.39 is 0 Å². The van der Waals surface area contributed by atoms with E-state index in [1.807, 2.05) is 26.2 Å². The first kappa shape index (κ1) is 16.9. The van der Waals surface area contributed by atoms with E-state index in [-0.39, 0.29) is 18.1 Å². The molecule has 0 saturated heterocycles. The molecule has 1 aromatic heterocycles. The predicted molar refractivity (Wildman–Crippen MR) is 82.1 cm³/mol. The molecule has 114 valence electrons. The number of rotatable bonds is 7. The largest absolute Gasteiger partial charge is 0.379 e. The number of amides is 2. The Balaban J connectivity index is 2.28. The second kappa shape index (κ2) is 8.21. The van der Waals surface area contributed by atoms with Crippen LogP contribution in [0.5, 0.6) is 0 Å². The van der Waals surface area contributed by atoms with Crippen LogP contribution in [0, 0.1) is 12.8 Å². The standard InChI is InChI=1S/C14H25N3O2S/c1-9(2)6-19-7-10(3)15-14(18)16-11(4)13-8-20-12(5)17-13/h8-11H,6-7H2,1-5H3,(H2,15,16,18)/t10-,11-/m1/s1. The minimum absolute atomic E-state index is 0.0156. The topological polar surface area (TPSA) is 63.2 Å². The monoisotopic (exact) mass is 299 g/mol. The molecule has 0 unspecified atom stereocenters. The lowest BCUT2D eigenvalue weighted by Crippen LogP contribution is -2.43. The summed E-state index contributed by atoms with van der Waals surface area (Å²) in [6.45, 7) is 11.2. The highest BCUT2D eigenvalue weighted by molar-refractivity contribution is 7.09. The first-order valence-electron chi connectivity index (χ1n) is 6.95. The second-order valence-electron chi connectivity index (χ2n) is 5.46. The molecule has 0 saturated carbocycles. The normalized spacial score (nSPS) is 14.1. The summed E-state index contributed by atoms with van der Waals surface area (Å²) in [6.07, 6.45) is 0. The minimum atomic E-state index is -0.191. The molecule has 0 fully saturated rings. The maximum atomic E-state index is 11.8. The van der Waals surface area contributed by atoms with Crippen LogP contribution in [0.3, 0.4) is 0 Å². The van der Waals surface area contributed by atoms with Crippen LogP contribution in [0.15, 0.2) is 5.38 Å². The summed E-state index contributed by atoms with van der Waals surface area (Å²) in [5, 5.41) is 8.71. The Bertz CT molecular complexity index is 420. The molecule has 0 aliphatic rings. The number of hydrogen-bond acceptors (Lipinski definition) is 4. The Labute approximate surface area is 125 Å². The highest BCUT2D eigenvalue weighted by atomic mass is 32.1. The number of nitrogens with zero attached hydrogens (tertiary/aromatic N) is 1. The summed E-state index contributed by atoms with van der Waals surface area (Å²) < 4.78 is 5.50. The van der Waals surface area contributed by atoms with Crippen LogP contribution in [0.4, 0.5) is 4.79 Å². The van der Waals surface area contributed by atoms with E-state index in [1.54, 1.807) is 11.3 Å². The van der Waals surface area contributed by atoms with Crippen molar-refractivity contribution in [2.75, 3.05) is 13.2 Å². The molecule has 2 N–H and O–H groups in total. The number of ether oxygens (including phenoxy) is 1. The van der Waals surface area contributed by atoms with E-state index in [0.29, 0.717) is 19.1 Å². The van der Waals surface area contributed by atoms with Crippen molar-refractivity contribution in [2.24, 2.45) is 5.92 Å². The SMILES string of the molecule is Cc1nc([C@@H](C)NC(=O)N[C@H](C)COCC(C)C)cs1. The van der Waals surface area contributed by atoms with Crippen molar-refractivity contribution >= 4 is 17.4 Å². The van der Waals surface area contributed by atoms with Crippen LogP contribution in [-0.4, -0.2) is 30.3 Å². The van der Waals surface area contributed by atoms with Gasteiger partial charge in [0, 0.05) is 12.0 Å². The molecule has 0 aliphatic heterocycles. The molecule has 20 heavy (non-hydrogen) atoms. The highest BCUT2D eigenvalue weighted by Gasteiger charge is 2.13. The van der Waals surface area contributed by atoms with E-state index in [0.717, 1.165) is 10.7 Å². The molecule has 0 spiro atoms. The van der Waals surface area contributed by atoms with Gasteiger partial charge in [0.2, 0.25) is 0 Å². The molecule has 1 rings (SSSR count). The first-order valence-corrected chi connectivity index (χ1v) is 7.83. The zero-order valence-corrected chi connectivity index (χ0v) is 13.7. The molecule has 1 aromatic rings. The zero-order valence-electron chi connectivity index (χ0n) is 12.9. The Morgan fingerprint density at radius 1 is 1.30 bits per heavy atom. The van der Waals surface area contributed by atoms with E-state index in [4.69, 9.17) is 4.74 Å². The van der Waals surface area contributed by atoms with Gasteiger partial charge >= 0.3 is 6.03 Å². The summed E-state index contributed by atoms with van der Waals surface area (Å²) in [7, 11) is 0. The predicted octanol–water partition coefficient (Wildman–Crippen LogP) is 2.87. The van der Waals surface area contributed by atoms with Gasteiger partial charge in [-0.2, -0.15) is 0 Å². The number of thiazole rings is 1. The van der Waals surface area contributed by atoms with Crippen molar-refractivity contribution in [3.8, 4) is 0 Å². The van der Waals surface area contributed by atoms with Crippen LogP contribution < -0.4 is 10.6 Å². The third-order valence-electron chi connectivity index (χ3n) is 2.62. The molecular formula is C14H25N3O2S. The lowest BCUT2D eigenvalue weighted by atomic mass is 10.2. The summed E-state index contributed by atoms with van der Waals surface area (Å²) in [5.74, 6) is 0.504. The zero-order chi connectivity index (χ0) is 15.1. The fourth-order valence-electron chi connectivity index (χ4n) is 1.64. The van der Waals surface area contributed by atoms with Gasteiger partial charge in [-0.15, -0.1) is 11.3 Å². The lowest BCUT2D eigenvalue weighted by Gasteiger charge is -2.18. The van der Waals surface area contributed by atoms with Crippen LogP contribution >= 0.6 is 11.3 Å². The smallest absolute Gasteiger partial charge is 0.315 e. The van der Waals surface area contributed by atoms with E-state index in [1.165, 1.54) is 0 Å². The number of urea groups is 1. The van der Waals surface area contributed by atoms with Crippen molar-refractivity contribution in [1.82, 2.24) is 15.6 Å². The summed E-state index contributed by atoms with van der Waals surface area (Å²) >= 11 is 1.58. The van der Waals surface area contributed by atoms with Crippen molar-refractivity contribution in [1.29, 1.82) is 0 Å². The lowest BCUT2D eigenvalue weighted by molar-refractivity contribution is 0.0953. The van der Waals surface area contributed by atoms with Crippen molar-refractivity contribution in [3.63, 3.8) is 0 Å². The molecule has 1 heterocycles. The molecule has 6 heteroatoms. The van der Waals surface area contributed by atoms with Gasteiger partial charge in [0.25, 0.3) is 0 Å². The number of nitrogens with one attached hydrogen (secondary N) is 2. The number of carbonyl (C=O) groups excluding carboxylic acids is 1. The summed E-state index contributed by atoms with van der Waals surface area (Å²) in [4.78, 5) is 16.2. The van der Waals surface area contributed by atoms with E-state index in [9.17, 15) is 4.79 Å². The molecule has 0 aromatic carbocycles. The summed E-state index contributed by atoms with van der Waals surface area (Å²) in [6, 6.07) is -0.300. The van der Waals surface area contributed by atoms with Crippen LogP contribution in [0.2, 0.25) is 0 Å². The molecule has 2 amide bonds. The number of aryl methyl sites for hydroxylation is 1. The number of carbonyl (C=O) groups is 1. The van der Waals surface area contributed by atoms with Crippen LogP contribution in [-0.2, 0) is 4.74 Å². The van der Waals surface area contributed by atoms with Gasteiger partial charge in [-0.3, -0.25) is 0 Å². The molecule has 2 atom stereocenters. The maximum absolute atomic E-state index is 11.8. The van der Waals surface area contributed by atoms with E-state index >= 15 is 0 Å². The molecule has 5 nitrogen and oxygen atoms in total. The second-order valence-corrected chi connectivity index (χ2v) is 6.53. The number of hydrogen-bond donors (Lipinski definition) is 2. The quantitative estimate of drug-likeness (QED) is 0.813. The van der Waals surface area contributed by atoms with Crippen LogP contribution in [0.1, 0.15) is 44.4 Å². The Hall–Kier alpha value is -1.14. The highest BCUT2D eigenvalue weighted by Crippen LogP contribution is 2.15. The Morgan fingerprint density at radius 2 is 2.00 bits per heavy atom. The number of aromatic nitrogens is 1. The summed E-state index contributed by atoms with van der Waals surface area (Å²) in [5.41, 5.74) is 0.895. The Kier molecular flexibility index (Phi) is 6.95. The fraction of sp³-hybridized carbons (Fsp3) is 0.714. The van der Waals surface area contributed by atoms with Crippen LogP contribution in [0.25, 0.3) is 0 Å². The third-order valence-corrected chi connectivity index (χ3v) is 3.42. The molecule has 0 bridgehead atoms. The molecule has 0 radical (unpaired) electrons. The third kappa shape index (κ3) is 6.34. The van der Waals surface area contributed by atoms with Crippen molar-refractivity contribution in [3.05, 3.63) is 16.1 Å². The fourth-order valence-corrected chi connectivity index (χ4v) is 2.34. The van der Waals surface area contributed by atoms with Gasteiger partial charge in [-0.05, 0) is 26.7 Å². The van der Waals surface area contributed by atoms with Gasteiger partial charge in [0.1, 0.15) is 0 Å². The Morgan fingerprint density at radius 3 is 2.55 bits per heavy atom. The molecule has 0 aliphatic carbocycles. The van der Waals surface area contributed by atoms with Gasteiger partial charge in [-0.25, -0.2) is 9.78 Å². The maximum Gasteiger partial charge on any atom is 0.315 e. The van der Waals surface area contributed by atoms with Gasteiger partial charge in [0.15, 0.2) is 0 Å². The van der Waals surface area contributed by atoms with Gasteiger partial charge in [-0.1, -0.05) is 13.8 Å².